The molecule has 7 nitrogen and oxygen atoms in total. The van der Waals surface area contributed by atoms with Crippen LogP contribution >= 0.6 is 0 Å². The van der Waals surface area contributed by atoms with E-state index in [1.165, 1.54) is 19.3 Å². The molecule has 6 aromatic rings. The fourth-order valence-corrected chi connectivity index (χ4v) is 5.46. The first-order valence-corrected chi connectivity index (χ1v) is 12.9. The van der Waals surface area contributed by atoms with Gasteiger partial charge in [-0.1, -0.05) is 18.6 Å². The van der Waals surface area contributed by atoms with Crippen LogP contribution in [0.25, 0.3) is 50.0 Å². The molecule has 0 radical (unpaired) electrons. The Morgan fingerprint density at radius 1 is 0.919 bits per heavy atom. The summed E-state index contributed by atoms with van der Waals surface area (Å²) in [6, 6.07) is 16.9. The van der Waals surface area contributed by atoms with Crippen molar-refractivity contribution in [2.45, 2.75) is 45.1 Å². The average molecular weight is 489 g/mol. The zero-order valence-corrected chi connectivity index (χ0v) is 20.7. The van der Waals surface area contributed by atoms with Gasteiger partial charge in [0.2, 0.25) is 0 Å². The molecule has 1 aliphatic carbocycles. The third kappa shape index (κ3) is 4.06. The van der Waals surface area contributed by atoms with Crippen LogP contribution in [0.1, 0.15) is 37.8 Å². The number of imidazole rings is 1. The van der Waals surface area contributed by atoms with Crippen molar-refractivity contribution in [2.75, 3.05) is 0 Å². The molecule has 0 unspecified atom stereocenters. The second-order valence-corrected chi connectivity index (χ2v) is 9.96. The van der Waals surface area contributed by atoms with Gasteiger partial charge in [0.1, 0.15) is 11.4 Å². The summed E-state index contributed by atoms with van der Waals surface area (Å²) < 4.78 is 8.33. The minimum Gasteiger partial charge on any atom is -0.489 e. The molecule has 1 saturated carbocycles. The van der Waals surface area contributed by atoms with Gasteiger partial charge in [-0.15, -0.1) is 0 Å². The van der Waals surface area contributed by atoms with E-state index < -0.39 is 0 Å². The standard InChI is InChI=1S/C30H28N6O/c1-19-17-36(18-32-19)29-9-5-8-26-24(29)14-28(33-26)30-25-13-20(10-11-27(25)34-35-30)21-12-23(16-31-15-21)37-22-6-3-2-4-7-22/h5,8-18,22,33H,2-4,6-7H2,1H3,(H,34,35). The van der Waals surface area contributed by atoms with E-state index in [0.29, 0.717) is 6.10 Å². The fourth-order valence-electron chi connectivity index (χ4n) is 5.46. The third-order valence-corrected chi connectivity index (χ3v) is 7.35. The van der Waals surface area contributed by atoms with Crippen LogP contribution in [0.15, 0.2) is 73.4 Å². The summed E-state index contributed by atoms with van der Waals surface area (Å²) >= 11 is 0. The second-order valence-electron chi connectivity index (χ2n) is 9.96. The van der Waals surface area contributed by atoms with Gasteiger partial charge in [-0.2, -0.15) is 5.10 Å². The van der Waals surface area contributed by atoms with E-state index in [1.54, 1.807) is 0 Å². The van der Waals surface area contributed by atoms with Gasteiger partial charge in [0.05, 0.1) is 41.2 Å². The number of fused-ring (bicyclic) bond motifs is 2. The van der Waals surface area contributed by atoms with Gasteiger partial charge in [-0.3, -0.25) is 10.1 Å². The molecule has 1 aliphatic rings. The van der Waals surface area contributed by atoms with Crippen LogP contribution in [0.4, 0.5) is 0 Å². The number of pyridine rings is 1. The van der Waals surface area contributed by atoms with Crippen LogP contribution in [-0.2, 0) is 0 Å². The number of rotatable bonds is 5. The molecule has 0 bridgehead atoms. The highest BCUT2D eigenvalue weighted by atomic mass is 16.5. The van der Waals surface area contributed by atoms with Crippen molar-refractivity contribution in [1.29, 1.82) is 0 Å². The summed E-state index contributed by atoms with van der Waals surface area (Å²) in [5, 5.41) is 10.1. The molecule has 0 amide bonds. The van der Waals surface area contributed by atoms with E-state index >= 15 is 0 Å². The van der Waals surface area contributed by atoms with Crippen LogP contribution in [-0.4, -0.2) is 35.8 Å². The van der Waals surface area contributed by atoms with E-state index in [9.17, 15) is 0 Å². The van der Waals surface area contributed by atoms with E-state index in [-0.39, 0.29) is 0 Å². The number of H-pyrrole nitrogens is 2. The van der Waals surface area contributed by atoms with Crippen molar-refractivity contribution in [3.63, 3.8) is 0 Å². The summed E-state index contributed by atoms with van der Waals surface area (Å²) in [5.41, 5.74) is 8.11. The highest BCUT2D eigenvalue weighted by Crippen LogP contribution is 2.34. The molecule has 4 aromatic heterocycles. The number of aromatic nitrogens is 6. The molecular formula is C30H28N6O. The van der Waals surface area contributed by atoms with E-state index in [0.717, 1.165) is 74.3 Å². The lowest BCUT2D eigenvalue weighted by Gasteiger charge is -2.23. The van der Waals surface area contributed by atoms with E-state index in [4.69, 9.17) is 4.74 Å². The smallest absolute Gasteiger partial charge is 0.138 e. The molecule has 4 heterocycles. The summed E-state index contributed by atoms with van der Waals surface area (Å²) in [4.78, 5) is 12.5. The fraction of sp³-hybridized carbons (Fsp3) is 0.233. The molecule has 7 rings (SSSR count). The minimum atomic E-state index is 0.298. The van der Waals surface area contributed by atoms with E-state index in [1.807, 2.05) is 31.8 Å². The highest BCUT2D eigenvalue weighted by molar-refractivity contribution is 5.99. The largest absolute Gasteiger partial charge is 0.489 e. The van der Waals surface area contributed by atoms with Crippen LogP contribution in [0.3, 0.4) is 0 Å². The molecule has 0 aliphatic heterocycles. The van der Waals surface area contributed by atoms with Crippen LogP contribution in [0, 0.1) is 6.92 Å². The number of hydrogen-bond acceptors (Lipinski definition) is 4. The molecule has 0 atom stereocenters. The number of nitrogens with one attached hydrogen (secondary N) is 2. The molecule has 1 fully saturated rings. The lowest BCUT2D eigenvalue weighted by Crippen LogP contribution is -2.19. The number of aromatic amines is 2. The first-order valence-electron chi connectivity index (χ1n) is 12.9. The summed E-state index contributed by atoms with van der Waals surface area (Å²) in [6.07, 6.45) is 14.0. The molecule has 2 aromatic carbocycles. The average Bonchev–Trinajstić information content (AvgIpc) is 3.66. The Labute approximate surface area is 214 Å². The number of nitrogens with zero attached hydrogens (tertiary/aromatic N) is 4. The number of ether oxygens (including phenoxy) is 1. The summed E-state index contributed by atoms with van der Waals surface area (Å²) in [6.45, 7) is 2.00. The maximum absolute atomic E-state index is 6.27. The third-order valence-electron chi connectivity index (χ3n) is 7.35. The first-order chi connectivity index (χ1) is 18.2. The van der Waals surface area contributed by atoms with Crippen LogP contribution in [0.2, 0.25) is 0 Å². The number of hydrogen-bond donors (Lipinski definition) is 2. The Bertz CT molecular complexity index is 1720. The van der Waals surface area contributed by atoms with Gasteiger partial charge in [0.25, 0.3) is 0 Å². The summed E-state index contributed by atoms with van der Waals surface area (Å²) in [5.74, 6) is 0.842. The minimum absolute atomic E-state index is 0.298. The Kier molecular flexibility index (Phi) is 5.27. The first kappa shape index (κ1) is 21.9. The highest BCUT2D eigenvalue weighted by Gasteiger charge is 2.17. The lowest BCUT2D eigenvalue weighted by molar-refractivity contribution is 0.154. The molecule has 0 saturated heterocycles. The monoisotopic (exact) mass is 488 g/mol. The molecular weight excluding hydrogens is 460 g/mol. The van der Waals surface area contributed by atoms with Gasteiger partial charge in [-0.05, 0) is 74.6 Å². The van der Waals surface area contributed by atoms with Gasteiger partial charge in [0, 0.05) is 34.2 Å². The predicted octanol–water partition coefficient (Wildman–Crippen LogP) is 6.98. The molecule has 0 spiro atoms. The van der Waals surface area contributed by atoms with Gasteiger partial charge in [-0.25, -0.2) is 4.98 Å². The van der Waals surface area contributed by atoms with Crippen LogP contribution in [0.5, 0.6) is 5.75 Å². The SMILES string of the molecule is Cc1cn(-c2cccc3[nH]c(-c4n[nH]c5ccc(-c6cncc(OC7CCCCC7)c6)cc45)cc23)cn1. The normalized spacial score (nSPS) is 14.5. The molecule has 37 heavy (non-hydrogen) atoms. The van der Waals surface area contributed by atoms with Gasteiger partial charge < -0.3 is 14.3 Å². The number of aryl methyl sites for hydroxylation is 1. The zero-order valence-electron chi connectivity index (χ0n) is 20.7. The quantitative estimate of drug-likeness (QED) is 0.274. The molecule has 2 N–H and O–H groups in total. The van der Waals surface area contributed by atoms with Crippen molar-refractivity contribution in [1.82, 2.24) is 29.7 Å². The molecule has 184 valence electrons. The van der Waals surface area contributed by atoms with Crippen molar-refractivity contribution in [3.05, 3.63) is 79.1 Å². The topological polar surface area (TPSA) is 84.4 Å². The van der Waals surface area contributed by atoms with Gasteiger partial charge in [0.15, 0.2) is 0 Å². The Morgan fingerprint density at radius 2 is 1.84 bits per heavy atom. The van der Waals surface area contributed by atoms with Crippen molar-refractivity contribution < 1.29 is 4.74 Å². The Hall–Kier alpha value is -4.39. The van der Waals surface area contributed by atoms with Crippen molar-refractivity contribution in [3.8, 4) is 34.0 Å². The Morgan fingerprint density at radius 3 is 2.70 bits per heavy atom. The predicted molar refractivity (Wildman–Crippen MR) is 146 cm³/mol. The van der Waals surface area contributed by atoms with Crippen molar-refractivity contribution in [2.24, 2.45) is 0 Å². The van der Waals surface area contributed by atoms with Gasteiger partial charge >= 0.3 is 0 Å². The van der Waals surface area contributed by atoms with Crippen molar-refractivity contribution >= 4 is 21.8 Å². The second kappa shape index (κ2) is 8.92. The van der Waals surface area contributed by atoms with Crippen LogP contribution < -0.4 is 4.74 Å². The lowest BCUT2D eigenvalue weighted by atomic mass is 9.98. The maximum atomic E-state index is 6.27. The molecule has 7 heteroatoms. The Balaban J connectivity index is 1.26. The number of benzene rings is 2. The summed E-state index contributed by atoms with van der Waals surface area (Å²) in [7, 11) is 0. The van der Waals surface area contributed by atoms with E-state index in [2.05, 4.69) is 78.2 Å². The zero-order chi connectivity index (χ0) is 24.8. The maximum Gasteiger partial charge on any atom is 0.138 e.